The van der Waals surface area contributed by atoms with Crippen LogP contribution >= 0.6 is 0 Å². The lowest BCUT2D eigenvalue weighted by Gasteiger charge is -2.45. The zero-order valence-electron chi connectivity index (χ0n) is 86.7. The summed E-state index contributed by atoms with van der Waals surface area (Å²) in [6.45, 7) is 46.2. The summed E-state index contributed by atoms with van der Waals surface area (Å²) in [5.41, 5.74) is 35.5. The molecule has 4 aliphatic rings. The van der Waals surface area contributed by atoms with Crippen LogP contribution in [0.2, 0.25) is 0 Å². The monoisotopic (exact) mass is 1890 g/mol. The predicted octanol–water partition coefficient (Wildman–Crippen LogP) is 26.2. The van der Waals surface area contributed by atoms with Crippen LogP contribution in [0.3, 0.4) is 0 Å². The molecule has 0 saturated carbocycles. The smallest absolute Gasteiger partial charge is 0.252 e. The fourth-order valence-corrected chi connectivity index (χ4v) is 32.9. The Balaban J connectivity index is 0.000000169. The van der Waals surface area contributed by atoms with E-state index in [9.17, 15) is 0 Å². The molecule has 0 fully saturated rings. The molecule has 0 spiro atoms. The minimum absolute atomic E-state index is 0.00495. The van der Waals surface area contributed by atoms with E-state index in [2.05, 4.69) is 552 Å². The molecule has 4 heterocycles. The highest BCUT2D eigenvalue weighted by Crippen LogP contribution is 2.52. The van der Waals surface area contributed by atoms with Gasteiger partial charge in [-0.1, -0.05) is 452 Å². The fraction of sp³-hybridized carbons (Fsp3) is 0.194. The van der Waals surface area contributed by atoms with Crippen molar-refractivity contribution in [3.8, 4) is 22.3 Å². The Bertz CT molecular complexity index is 7650. The van der Waals surface area contributed by atoms with Gasteiger partial charge in [0.25, 0.3) is 13.4 Å². The average molecular weight is 1890 g/mol. The number of halogens is 1. The van der Waals surface area contributed by atoms with Crippen LogP contribution in [0, 0.1) is 19.7 Å². The maximum atomic E-state index is 16.4. The van der Waals surface area contributed by atoms with Crippen molar-refractivity contribution in [3.63, 3.8) is 0 Å². The second-order valence-electron chi connectivity index (χ2n) is 46.3. The lowest BCUT2D eigenvalue weighted by molar-refractivity contribution is 0.590. The van der Waals surface area contributed by atoms with Crippen molar-refractivity contribution in [3.05, 3.63) is 469 Å². The third kappa shape index (κ3) is 16.8. The van der Waals surface area contributed by atoms with Crippen LogP contribution < -0.4 is 93.9 Å². The maximum Gasteiger partial charge on any atom is 0.252 e. The first-order valence-corrected chi connectivity index (χ1v) is 55.2. The molecule has 22 rings (SSSR count). The molecule has 0 aromatic heterocycles. The Labute approximate surface area is 851 Å². The molecule has 0 amide bonds. The number of benzene rings is 18. The zero-order chi connectivity index (χ0) is 99.8. The van der Waals surface area contributed by atoms with E-state index in [1.165, 1.54) is 164 Å². The van der Waals surface area contributed by atoms with E-state index >= 15 is 4.39 Å². The molecule has 9 heteroatoms. The van der Waals surface area contributed by atoms with Crippen LogP contribution in [-0.4, -0.2) is 29.6 Å². The number of aryl methyl sites for hydroxylation is 2. The van der Waals surface area contributed by atoms with Gasteiger partial charge in [0.15, 0.2) is 16.1 Å². The summed E-state index contributed by atoms with van der Waals surface area (Å²) in [5, 5.41) is 10.8. The normalized spacial score (nSPS) is 13.4. The third-order valence-electron chi connectivity index (χ3n) is 30.9. The van der Waals surface area contributed by atoms with Crippen molar-refractivity contribution in [2.45, 2.75) is 171 Å². The average Bonchev–Trinajstić information content (AvgIpc) is 0.691. The number of anilines is 12. The maximum absolute atomic E-state index is 16.4. The van der Waals surface area contributed by atoms with Gasteiger partial charge >= 0.3 is 0 Å². The molecular formula is C134H129B2FN4Si2. The van der Waals surface area contributed by atoms with Crippen molar-refractivity contribution < 1.29 is 4.39 Å². The molecular weight excluding hydrogens is 1760 g/mol. The third-order valence-corrected chi connectivity index (χ3v) is 40.4. The van der Waals surface area contributed by atoms with Gasteiger partial charge in [-0.25, -0.2) is 4.39 Å². The molecule has 0 radical (unpaired) electrons. The minimum atomic E-state index is -2.84. The van der Waals surface area contributed by atoms with E-state index < -0.39 is 16.1 Å². The molecule has 0 aliphatic carbocycles. The van der Waals surface area contributed by atoms with Crippen molar-refractivity contribution in [2.24, 2.45) is 0 Å². The highest BCUT2D eigenvalue weighted by Gasteiger charge is 2.50. The highest BCUT2D eigenvalue weighted by molar-refractivity contribution is 7.20. The van der Waals surface area contributed by atoms with E-state index in [0.717, 1.165) is 39.7 Å². The number of hydrogen-bond acceptors (Lipinski definition) is 4. The van der Waals surface area contributed by atoms with Gasteiger partial charge in [0.05, 0.1) is 0 Å². The fourth-order valence-electron chi connectivity index (χ4n) is 23.2. The summed E-state index contributed by atoms with van der Waals surface area (Å²) in [4.78, 5) is 10.2. The van der Waals surface area contributed by atoms with Crippen LogP contribution in [0.25, 0.3) is 22.3 Å². The van der Waals surface area contributed by atoms with Gasteiger partial charge in [0.2, 0.25) is 0 Å². The van der Waals surface area contributed by atoms with Crippen molar-refractivity contribution >= 4 is 172 Å². The zero-order valence-corrected chi connectivity index (χ0v) is 88.7. The first-order chi connectivity index (χ1) is 68.5. The number of fused-ring (bicyclic) bond motifs is 8. The molecule has 4 aliphatic heterocycles. The van der Waals surface area contributed by atoms with Gasteiger partial charge < -0.3 is 19.6 Å². The summed E-state index contributed by atoms with van der Waals surface area (Å²) >= 11 is 0. The van der Waals surface area contributed by atoms with Crippen LogP contribution in [0.4, 0.5) is 72.6 Å². The van der Waals surface area contributed by atoms with Crippen LogP contribution in [0.15, 0.2) is 419 Å². The molecule has 0 saturated heterocycles. The van der Waals surface area contributed by atoms with Gasteiger partial charge in [0.1, 0.15) is 5.82 Å². The molecule has 4 nitrogen and oxygen atoms in total. The van der Waals surface area contributed by atoms with E-state index in [0.29, 0.717) is 5.56 Å². The van der Waals surface area contributed by atoms with Gasteiger partial charge in [0, 0.05) is 73.8 Å². The quantitative estimate of drug-likeness (QED) is 0.0795. The molecule has 0 atom stereocenters. The van der Waals surface area contributed by atoms with Crippen LogP contribution in [0.1, 0.15) is 169 Å². The van der Waals surface area contributed by atoms with Gasteiger partial charge in [-0.05, 0) is 273 Å². The standard InChI is InChI=1S/C67H64BFN2Si.C67H65BN2Si/c1-45-40-54(72(51-22-14-11-15-23-51,52-24-16-12-17-25-52)53-26-18-13-19-27-53)36-39-59(45)71-61-38-33-49(67(8,9)10)44-57(61)68-56-43-48(66(5,6)7)32-37-60(56)70(50-34-30-47(31-35-50)65(2,3)4)62-41-46(42-63(71)64(62)68)55-28-20-21-29-58(55)69;1-46-41-56(71(53-25-17-12-18-26-53,54-27-19-13-20-28-54)55-29-21-14-22-30-55)37-40-59(46)70-61-39-34-51(67(8,9)10)45-58(61)68-57-44-50(66(5,6)7)33-38-60(57)69(52-35-31-49(32-36-52)65(2,3)4)62-42-48(43-63(70)64(62)68)47-23-15-11-16-24-47/h11-44H,1-10H3;11-45H,1-10H3. The number of rotatable bonds is 14. The Morgan fingerprint density at radius 3 is 0.706 bits per heavy atom. The molecule has 18 aromatic rings. The molecule has 0 N–H and O–H groups in total. The van der Waals surface area contributed by atoms with Crippen LogP contribution in [0.5, 0.6) is 0 Å². The molecule has 143 heavy (non-hydrogen) atoms. The highest BCUT2D eigenvalue weighted by atomic mass is 28.3. The Kier molecular flexibility index (Phi) is 24.1. The summed E-state index contributed by atoms with van der Waals surface area (Å²) in [6, 6.07) is 157. The van der Waals surface area contributed by atoms with Gasteiger partial charge in [-0.15, -0.1) is 0 Å². The SMILES string of the molecule is Cc1cc([Si](c2ccccc2)(c2ccccc2)c2ccccc2)ccc1N1c2ccc(C(C)(C)C)cc2B2c3cc(C(C)(C)C)ccc3N(c3ccc(C(C)(C)C)cc3)c3cc(-c4ccccc4)cc1c32.Cc1cc([Si](c2ccccc2)(c2ccccc2)c2ccccc2)ccc1N1c2ccc(C(C)(C)C)cc2B2c3cc(C(C)(C)C)ccc3N(c3ccc(C(C)(C)C)cc3)c3cc(-c4ccccc4F)cc1c32. The topological polar surface area (TPSA) is 13.0 Å². The van der Waals surface area contributed by atoms with Crippen molar-refractivity contribution in [1.82, 2.24) is 0 Å². The predicted molar refractivity (Wildman–Crippen MR) is 621 cm³/mol. The van der Waals surface area contributed by atoms with Crippen LogP contribution in [-0.2, 0) is 32.5 Å². The Morgan fingerprint density at radius 1 is 0.196 bits per heavy atom. The first-order valence-electron chi connectivity index (χ1n) is 51.2. The summed E-state index contributed by atoms with van der Waals surface area (Å²) < 4.78 is 16.4. The van der Waals surface area contributed by atoms with Gasteiger partial charge in [-0.3, -0.25) is 0 Å². The molecule has 0 unspecified atom stereocenters. The van der Waals surface area contributed by atoms with Crippen molar-refractivity contribution in [1.29, 1.82) is 0 Å². The second-order valence-corrected chi connectivity index (χ2v) is 53.9. The Morgan fingerprint density at radius 2 is 0.434 bits per heavy atom. The lowest BCUT2D eigenvalue weighted by atomic mass is 9.33. The van der Waals surface area contributed by atoms with E-state index in [4.69, 9.17) is 0 Å². The van der Waals surface area contributed by atoms with E-state index in [1.54, 1.807) is 12.1 Å². The van der Waals surface area contributed by atoms with Crippen molar-refractivity contribution in [2.75, 3.05) is 19.6 Å². The second kappa shape index (κ2) is 36.3. The van der Waals surface area contributed by atoms with E-state index in [-0.39, 0.29) is 51.7 Å². The number of nitrogens with zero attached hydrogens (tertiary/aromatic N) is 4. The molecule has 18 aromatic carbocycles. The summed E-state index contributed by atoms with van der Waals surface area (Å²) in [6.07, 6.45) is 0. The first kappa shape index (κ1) is 94.9. The largest absolute Gasteiger partial charge is 0.311 e. The van der Waals surface area contributed by atoms with E-state index in [1.807, 2.05) is 12.1 Å². The number of hydrogen-bond donors (Lipinski definition) is 0. The minimum Gasteiger partial charge on any atom is -0.311 e. The molecule has 0 bridgehead atoms. The molecule has 706 valence electrons. The Hall–Kier alpha value is -14.3. The van der Waals surface area contributed by atoms with Gasteiger partial charge in [-0.2, -0.15) is 0 Å². The lowest BCUT2D eigenvalue weighted by Crippen LogP contribution is -2.74. The summed E-state index contributed by atoms with van der Waals surface area (Å²) in [7, 11) is -5.64. The summed E-state index contributed by atoms with van der Waals surface area (Å²) in [5.74, 6) is -0.240.